The summed E-state index contributed by atoms with van der Waals surface area (Å²) < 4.78 is 10.7. The van der Waals surface area contributed by atoms with Crippen LogP contribution in [-0.4, -0.2) is 62.1 Å². The quantitative estimate of drug-likeness (QED) is 0.767. The van der Waals surface area contributed by atoms with Crippen molar-refractivity contribution < 1.29 is 14.3 Å². The highest BCUT2D eigenvalue weighted by Gasteiger charge is 2.36. The molecule has 0 aromatic heterocycles. The van der Waals surface area contributed by atoms with Crippen molar-refractivity contribution in [1.29, 1.82) is 0 Å². The third-order valence-corrected chi connectivity index (χ3v) is 6.01. The van der Waals surface area contributed by atoms with Crippen molar-refractivity contribution in [2.75, 3.05) is 40.4 Å². The highest BCUT2D eigenvalue weighted by molar-refractivity contribution is 5.81. The first-order valence-corrected chi connectivity index (χ1v) is 10.1. The van der Waals surface area contributed by atoms with Gasteiger partial charge in [-0.25, -0.2) is 0 Å². The van der Waals surface area contributed by atoms with Gasteiger partial charge in [-0.3, -0.25) is 9.69 Å². The summed E-state index contributed by atoms with van der Waals surface area (Å²) in [4.78, 5) is 17.3. The minimum Gasteiger partial charge on any atom is -0.497 e. The topological polar surface area (TPSA) is 42.0 Å². The number of rotatable bonds is 6. The molecule has 5 nitrogen and oxygen atoms in total. The van der Waals surface area contributed by atoms with Crippen LogP contribution in [0.2, 0.25) is 0 Å². The predicted molar refractivity (Wildman–Crippen MR) is 107 cm³/mol. The van der Waals surface area contributed by atoms with Crippen molar-refractivity contribution in [2.45, 2.75) is 39.7 Å². The number of hydrogen-bond acceptors (Lipinski definition) is 4. The first kappa shape index (κ1) is 20.0. The predicted octanol–water partition coefficient (Wildman–Crippen LogP) is 3.07. The van der Waals surface area contributed by atoms with Crippen LogP contribution in [-0.2, 0) is 11.2 Å². The van der Waals surface area contributed by atoms with Crippen LogP contribution in [0.5, 0.6) is 11.5 Å². The van der Waals surface area contributed by atoms with Gasteiger partial charge in [-0.2, -0.15) is 0 Å². The number of hydrogen-bond donors (Lipinski definition) is 0. The van der Waals surface area contributed by atoms with Crippen LogP contribution < -0.4 is 9.47 Å². The zero-order valence-corrected chi connectivity index (χ0v) is 17.4. The Balaban J connectivity index is 1.52. The Morgan fingerprint density at radius 3 is 2.11 bits per heavy atom. The lowest BCUT2D eigenvalue weighted by molar-refractivity contribution is -0.141. The van der Waals surface area contributed by atoms with Crippen LogP contribution in [0.25, 0.3) is 0 Å². The van der Waals surface area contributed by atoms with Crippen LogP contribution in [0.4, 0.5) is 0 Å². The van der Waals surface area contributed by atoms with Crippen LogP contribution in [0.15, 0.2) is 18.2 Å². The van der Waals surface area contributed by atoms with Gasteiger partial charge in [-0.15, -0.1) is 0 Å². The molecule has 0 bridgehead atoms. The minimum absolute atomic E-state index is 0.0152. The summed E-state index contributed by atoms with van der Waals surface area (Å²) >= 11 is 0. The molecule has 2 fully saturated rings. The molecule has 0 radical (unpaired) electrons. The lowest BCUT2D eigenvalue weighted by atomic mass is 9.89. The Hall–Kier alpha value is -1.75. The molecule has 2 aliphatic rings. The number of piperidine rings is 1. The van der Waals surface area contributed by atoms with Gasteiger partial charge in [0.05, 0.1) is 20.3 Å². The maximum atomic E-state index is 12.9. The van der Waals surface area contributed by atoms with Crippen LogP contribution in [0.1, 0.15) is 32.8 Å². The number of benzene rings is 1. The molecule has 5 heteroatoms. The van der Waals surface area contributed by atoms with Gasteiger partial charge in [0.2, 0.25) is 5.91 Å². The molecule has 2 saturated heterocycles. The largest absolute Gasteiger partial charge is 0.497 e. The monoisotopic (exact) mass is 374 g/mol. The molecule has 0 spiro atoms. The van der Waals surface area contributed by atoms with E-state index in [2.05, 4.69) is 42.7 Å². The maximum Gasteiger partial charge on any atom is 0.239 e. The van der Waals surface area contributed by atoms with E-state index in [1.807, 2.05) is 6.07 Å². The minimum atomic E-state index is -0.0152. The van der Waals surface area contributed by atoms with Gasteiger partial charge >= 0.3 is 0 Å². The number of nitrogens with zero attached hydrogens (tertiary/aromatic N) is 2. The van der Waals surface area contributed by atoms with Crippen molar-refractivity contribution in [3.8, 4) is 11.5 Å². The summed E-state index contributed by atoms with van der Waals surface area (Å²) in [7, 11) is 3.36. The van der Waals surface area contributed by atoms with Crippen LogP contribution >= 0.6 is 0 Å². The van der Waals surface area contributed by atoms with Gasteiger partial charge in [0.15, 0.2) is 0 Å². The van der Waals surface area contributed by atoms with Crippen molar-refractivity contribution in [3.05, 3.63) is 23.8 Å². The SMILES string of the molecule is COc1cc(CC2CN([C@H](C)C(=O)N3C[C@H](C)C[C@H](C)C3)C2)cc(OC)c1. The smallest absolute Gasteiger partial charge is 0.239 e. The normalized spacial score (nSPS) is 25.0. The summed E-state index contributed by atoms with van der Waals surface area (Å²) in [6.07, 6.45) is 2.22. The van der Waals surface area contributed by atoms with Crippen molar-refractivity contribution in [3.63, 3.8) is 0 Å². The highest BCUT2D eigenvalue weighted by Crippen LogP contribution is 2.29. The van der Waals surface area contributed by atoms with E-state index in [9.17, 15) is 4.79 Å². The average molecular weight is 375 g/mol. The molecule has 3 atom stereocenters. The molecule has 1 amide bonds. The number of likely N-dealkylation sites (tertiary alicyclic amines) is 2. The number of carbonyl (C=O) groups excluding carboxylic acids is 1. The molecule has 150 valence electrons. The van der Waals surface area contributed by atoms with Crippen LogP contribution in [0, 0.1) is 17.8 Å². The van der Waals surface area contributed by atoms with E-state index >= 15 is 0 Å². The molecular weight excluding hydrogens is 340 g/mol. The fourth-order valence-electron chi connectivity index (χ4n) is 4.64. The molecule has 2 aliphatic heterocycles. The number of carbonyl (C=O) groups is 1. The molecule has 0 N–H and O–H groups in total. The molecule has 2 heterocycles. The fourth-order valence-corrected chi connectivity index (χ4v) is 4.64. The highest BCUT2D eigenvalue weighted by atomic mass is 16.5. The van der Waals surface area contributed by atoms with E-state index in [0.29, 0.717) is 23.7 Å². The molecule has 27 heavy (non-hydrogen) atoms. The molecule has 1 aromatic carbocycles. The zero-order valence-electron chi connectivity index (χ0n) is 17.4. The second-order valence-corrected chi connectivity index (χ2v) is 8.61. The molecule has 0 unspecified atom stereocenters. The third-order valence-electron chi connectivity index (χ3n) is 6.01. The van der Waals surface area contributed by atoms with E-state index in [1.54, 1.807) is 14.2 Å². The summed E-state index contributed by atoms with van der Waals surface area (Å²) in [5.41, 5.74) is 1.23. The summed E-state index contributed by atoms with van der Waals surface area (Å²) in [6, 6.07) is 6.04. The standard InChI is InChI=1S/C22H34N2O3/c1-15-6-16(2)12-24(11-15)22(25)17(3)23-13-19(14-23)7-18-8-20(26-4)10-21(9-18)27-5/h8-10,15-17,19H,6-7,11-14H2,1-5H3/t15-,16+,17-/m1/s1. The second-order valence-electron chi connectivity index (χ2n) is 8.61. The molecule has 3 rings (SSSR count). The Labute approximate surface area is 163 Å². The van der Waals surface area contributed by atoms with E-state index < -0.39 is 0 Å². The molecule has 1 aromatic rings. The molecule has 0 aliphatic carbocycles. The van der Waals surface area contributed by atoms with E-state index in [4.69, 9.17) is 9.47 Å². The lowest BCUT2D eigenvalue weighted by Gasteiger charge is -2.45. The summed E-state index contributed by atoms with van der Waals surface area (Å²) in [5, 5.41) is 0. The van der Waals surface area contributed by atoms with E-state index in [0.717, 1.165) is 44.1 Å². The van der Waals surface area contributed by atoms with Gasteiger partial charge in [-0.1, -0.05) is 13.8 Å². The first-order chi connectivity index (χ1) is 12.9. The van der Waals surface area contributed by atoms with Gasteiger partial charge in [0.25, 0.3) is 0 Å². The zero-order chi connectivity index (χ0) is 19.6. The van der Waals surface area contributed by atoms with Gasteiger partial charge in [0.1, 0.15) is 11.5 Å². The van der Waals surface area contributed by atoms with Gasteiger partial charge < -0.3 is 14.4 Å². The Morgan fingerprint density at radius 1 is 1.04 bits per heavy atom. The number of ether oxygens (including phenoxy) is 2. The Morgan fingerprint density at radius 2 is 1.59 bits per heavy atom. The lowest BCUT2D eigenvalue weighted by Crippen LogP contribution is -2.58. The maximum absolute atomic E-state index is 12.9. The first-order valence-electron chi connectivity index (χ1n) is 10.1. The average Bonchev–Trinajstić information content (AvgIpc) is 2.62. The van der Waals surface area contributed by atoms with Crippen molar-refractivity contribution >= 4 is 5.91 Å². The van der Waals surface area contributed by atoms with E-state index in [-0.39, 0.29) is 6.04 Å². The van der Waals surface area contributed by atoms with Crippen molar-refractivity contribution in [1.82, 2.24) is 9.80 Å². The number of methoxy groups -OCH3 is 2. The summed E-state index contributed by atoms with van der Waals surface area (Å²) in [6.45, 7) is 10.3. The number of amides is 1. The van der Waals surface area contributed by atoms with Gasteiger partial charge in [-0.05, 0) is 55.2 Å². The molecule has 0 saturated carbocycles. The van der Waals surface area contributed by atoms with E-state index in [1.165, 1.54) is 12.0 Å². The Kier molecular flexibility index (Phi) is 6.30. The van der Waals surface area contributed by atoms with Crippen LogP contribution in [0.3, 0.4) is 0 Å². The summed E-state index contributed by atoms with van der Waals surface area (Å²) in [5.74, 6) is 3.76. The Bertz CT molecular complexity index is 625. The fraction of sp³-hybridized carbons (Fsp3) is 0.682. The van der Waals surface area contributed by atoms with Crippen molar-refractivity contribution in [2.24, 2.45) is 17.8 Å². The molecular formula is C22H34N2O3. The second kappa shape index (κ2) is 8.51. The van der Waals surface area contributed by atoms with Gasteiger partial charge in [0, 0.05) is 32.2 Å². The third kappa shape index (κ3) is 4.75.